The van der Waals surface area contributed by atoms with Gasteiger partial charge in [0.1, 0.15) is 11.6 Å². The Labute approximate surface area is 299 Å². The van der Waals surface area contributed by atoms with Crippen molar-refractivity contribution >= 4 is 51.8 Å². The van der Waals surface area contributed by atoms with Crippen molar-refractivity contribution in [1.29, 1.82) is 5.26 Å². The highest BCUT2D eigenvalue weighted by Gasteiger charge is 2.37. The molecular weight excluding hydrogens is 669 g/mol. The van der Waals surface area contributed by atoms with E-state index in [0.717, 1.165) is 37.3 Å². The Morgan fingerprint density at radius 1 is 0.680 bits per heavy atom. The van der Waals surface area contributed by atoms with Crippen LogP contribution in [0.5, 0.6) is 23.0 Å². The first-order valence-corrected chi connectivity index (χ1v) is 17.9. The Morgan fingerprint density at radius 2 is 1.12 bits per heavy atom. The lowest BCUT2D eigenvalue weighted by Gasteiger charge is -2.25. The Kier molecular flexibility index (Phi) is 8.80. The molecule has 0 saturated heterocycles. The number of rotatable bonds is 7. The molecule has 8 nitrogen and oxygen atoms in total. The zero-order valence-corrected chi connectivity index (χ0v) is 29.8. The van der Waals surface area contributed by atoms with E-state index in [0.29, 0.717) is 54.3 Å². The SMILES string of the molecule is CC1(C)COc2c(/C=C(/C#N)C(=O)O)sc(-c3sc(-c4ccc(N(c5ccccc5)c5ccccc5)cc4)c4c3OCC(C)(C)CO4)c2OC1. The fourth-order valence-corrected chi connectivity index (χ4v) is 8.18. The van der Waals surface area contributed by atoms with Crippen LogP contribution in [0.25, 0.3) is 26.3 Å². The predicted octanol–water partition coefficient (Wildman–Crippen LogP) is 10.2. The molecule has 0 saturated carbocycles. The number of anilines is 3. The van der Waals surface area contributed by atoms with E-state index in [2.05, 4.69) is 67.3 Å². The minimum atomic E-state index is -1.31. The molecule has 3 aromatic carbocycles. The summed E-state index contributed by atoms with van der Waals surface area (Å²) in [4.78, 5) is 17.0. The summed E-state index contributed by atoms with van der Waals surface area (Å²) in [6.45, 7) is 9.96. The smallest absolute Gasteiger partial charge is 0.346 e. The number of benzene rings is 3. The van der Waals surface area contributed by atoms with Crippen LogP contribution in [-0.4, -0.2) is 37.5 Å². The minimum Gasteiger partial charge on any atom is -0.487 e. The lowest BCUT2D eigenvalue weighted by Crippen LogP contribution is -2.26. The molecule has 5 aromatic rings. The standard InChI is InChI=1S/C40H36N2O6S2/c1-39(2)21-45-31-30(19-26(20-41)38(43)44)49-36(32(31)46-22-39)37-34-33(47-23-40(3,4)24-48-34)35(50-37)25-15-17-29(18-16-25)42(27-11-7-5-8-12-27)28-13-9-6-10-14-28/h5-19H,21-24H2,1-4H3,(H,43,44)/b26-19-. The zero-order valence-electron chi connectivity index (χ0n) is 28.2. The summed E-state index contributed by atoms with van der Waals surface area (Å²) in [5.41, 5.74) is 3.14. The molecule has 1 N–H and O–H groups in total. The molecule has 7 rings (SSSR count). The minimum absolute atomic E-state index is 0.242. The summed E-state index contributed by atoms with van der Waals surface area (Å²) < 4.78 is 25.9. The van der Waals surface area contributed by atoms with Crippen LogP contribution in [0.2, 0.25) is 0 Å². The maximum Gasteiger partial charge on any atom is 0.346 e. The van der Waals surface area contributed by atoms with Crippen LogP contribution in [0.4, 0.5) is 17.1 Å². The van der Waals surface area contributed by atoms with Crippen molar-refractivity contribution in [1.82, 2.24) is 0 Å². The summed E-state index contributed by atoms with van der Waals surface area (Å²) in [7, 11) is 0. The van der Waals surface area contributed by atoms with Gasteiger partial charge in [0.2, 0.25) is 0 Å². The van der Waals surface area contributed by atoms with Gasteiger partial charge in [-0.15, -0.1) is 22.7 Å². The fourth-order valence-electron chi connectivity index (χ4n) is 5.72. The maximum atomic E-state index is 11.8. The number of thiophene rings is 2. The third-order valence-electron chi connectivity index (χ3n) is 8.35. The van der Waals surface area contributed by atoms with E-state index in [9.17, 15) is 15.2 Å². The van der Waals surface area contributed by atoms with Gasteiger partial charge in [0.25, 0.3) is 0 Å². The molecule has 2 aliphatic rings. The van der Waals surface area contributed by atoms with Gasteiger partial charge in [0.05, 0.1) is 45.9 Å². The number of aliphatic carboxylic acids is 1. The van der Waals surface area contributed by atoms with Gasteiger partial charge in [0.15, 0.2) is 23.0 Å². The Balaban J connectivity index is 1.36. The molecule has 0 spiro atoms. The Bertz CT molecular complexity index is 2070. The van der Waals surface area contributed by atoms with E-state index < -0.39 is 5.97 Å². The van der Waals surface area contributed by atoms with E-state index in [1.54, 1.807) is 6.07 Å². The Morgan fingerprint density at radius 3 is 1.62 bits per heavy atom. The van der Waals surface area contributed by atoms with Gasteiger partial charge in [-0.2, -0.15) is 5.26 Å². The van der Waals surface area contributed by atoms with Gasteiger partial charge in [-0.05, 0) is 48.0 Å². The van der Waals surface area contributed by atoms with Crippen LogP contribution in [0.15, 0.2) is 90.5 Å². The molecule has 10 heteroatoms. The third-order valence-corrected chi connectivity index (χ3v) is 10.8. The van der Waals surface area contributed by atoms with Crippen molar-refractivity contribution in [3.05, 3.63) is 95.4 Å². The summed E-state index contributed by atoms with van der Waals surface area (Å²) in [6, 6.07) is 30.7. The monoisotopic (exact) mass is 704 g/mol. The first-order chi connectivity index (χ1) is 24.0. The molecule has 4 heterocycles. The average molecular weight is 705 g/mol. The highest BCUT2D eigenvalue weighted by atomic mass is 32.1. The molecule has 0 bridgehead atoms. The van der Waals surface area contributed by atoms with Crippen molar-refractivity contribution in [2.24, 2.45) is 10.8 Å². The van der Waals surface area contributed by atoms with Crippen molar-refractivity contribution in [2.75, 3.05) is 31.3 Å². The highest BCUT2D eigenvalue weighted by molar-refractivity contribution is 7.25. The number of hydrogen-bond acceptors (Lipinski definition) is 9. The van der Waals surface area contributed by atoms with Crippen molar-refractivity contribution in [3.63, 3.8) is 0 Å². The molecule has 0 amide bonds. The molecule has 50 heavy (non-hydrogen) atoms. The number of nitrogens with zero attached hydrogens (tertiary/aromatic N) is 2. The van der Waals surface area contributed by atoms with E-state index in [1.807, 2.05) is 50.2 Å². The second-order valence-corrected chi connectivity index (χ2v) is 16.0. The molecule has 2 aromatic heterocycles. The second-order valence-electron chi connectivity index (χ2n) is 13.9. The number of carbonyl (C=O) groups is 1. The molecule has 0 fully saturated rings. The number of para-hydroxylation sites is 2. The molecule has 0 unspecified atom stereocenters. The molecule has 0 aliphatic carbocycles. The largest absolute Gasteiger partial charge is 0.487 e. The summed E-state index contributed by atoms with van der Waals surface area (Å²) in [5.74, 6) is 0.895. The second kappa shape index (κ2) is 13.2. The van der Waals surface area contributed by atoms with Crippen molar-refractivity contribution in [2.45, 2.75) is 27.7 Å². The van der Waals surface area contributed by atoms with Crippen LogP contribution >= 0.6 is 22.7 Å². The molecular formula is C40H36N2O6S2. The zero-order chi connectivity index (χ0) is 35.0. The highest BCUT2D eigenvalue weighted by Crippen LogP contribution is 2.60. The molecule has 2 aliphatic heterocycles. The number of carboxylic acid groups (broad SMARTS) is 1. The molecule has 0 atom stereocenters. The lowest BCUT2D eigenvalue weighted by molar-refractivity contribution is -0.132. The van der Waals surface area contributed by atoms with Crippen molar-refractivity contribution in [3.8, 4) is 49.3 Å². The quantitative estimate of drug-likeness (QED) is 0.132. The number of fused-ring (bicyclic) bond motifs is 2. The van der Waals surface area contributed by atoms with E-state index in [1.165, 1.54) is 28.7 Å². The first kappa shape index (κ1) is 33.3. The number of hydrogen-bond donors (Lipinski definition) is 1. The van der Waals surface area contributed by atoms with Gasteiger partial charge >= 0.3 is 5.97 Å². The topological polar surface area (TPSA) is 101 Å². The van der Waals surface area contributed by atoms with Crippen molar-refractivity contribution < 1.29 is 28.8 Å². The van der Waals surface area contributed by atoms with E-state index in [4.69, 9.17) is 18.9 Å². The lowest BCUT2D eigenvalue weighted by atomic mass is 9.96. The number of ether oxygens (including phenoxy) is 4. The van der Waals surface area contributed by atoms with Crippen LogP contribution in [0.3, 0.4) is 0 Å². The van der Waals surface area contributed by atoms with Gasteiger partial charge in [-0.25, -0.2) is 4.79 Å². The fraction of sp³-hybridized carbons (Fsp3) is 0.250. The van der Waals surface area contributed by atoms with E-state index in [-0.39, 0.29) is 16.4 Å². The van der Waals surface area contributed by atoms with Crippen LogP contribution in [0, 0.1) is 22.2 Å². The van der Waals surface area contributed by atoms with E-state index >= 15 is 0 Å². The van der Waals surface area contributed by atoms with Gasteiger partial charge in [0, 0.05) is 27.9 Å². The summed E-state index contributed by atoms with van der Waals surface area (Å²) in [5, 5.41) is 19.2. The van der Waals surface area contributed by atoms with Gasteiger partial charge in [-0.3, -0.25) is 0 Å². The summed E-state index contributed by atoms with van der Waals surface area (Å²) >= 11 is 2.85. The first-order valence-electron chi connectivity index (χ1n) is 16.2. The van der Waals surface area contributed by atoms with Gasteiger partial charge in [-0.1, -0.05) is 76.2 Å². The average Bonchev–Trinajstić information content (AvgIpc) is 3.54. The summed E-state index contributed by atoms with van der Waals surface area (Å²) in [6.07, 6.45) is 1.36. The van der Waals surface area contributed by atoms with Crippen LogP contribution in [0.1, 0.15) is 32.6 Å². The maximum absolute atomic E-state index is 11.8. The van der Waals surface area contributed by atoms with Gasteiger partial charge < -0.3 is 29.0 Å². The third kappa shape index (κ3) is 6.54. The number of carboxylic acids is 1. The predicted molar refractivity (Wildman–Crippen MR) is 199 cm³/mol. The Hall–Kier alpha value is -5.24. The molecule has 254 valence electrons. The molecule has 0 radical (unpaired) electrons. The van der Waals surface area contributed by atoms with Crippen LogP contribution in [-0.2, 0) is 4.79 Å². The van der Waals surface area contributed by atoms with Crippen LogP contribution < -0.4 is 23.8 Å². The number of nitriles is 1. The normalized spacial score (nSPS) is 16.1.